The van der Waals surface area contributed by atoms with E-state index in [-0.39, 0.29) is 28.3 Å². The van der Waals surface area contributed by atoms with E-state index < -0.39 is 28.2 Å². The number of hydrogen-bond donors (Lipinski definition) is 3. The van der Waals surface area contributed by atoms with Gasteiger partial charge in [0.05, 0.1) is 15.6 Å². The summed E-state index contributed by atoms with van der Waals surface area (Å²) in [4.78, 5) is 45.1. The topological polar surface area (TPSA) is 153 Å². The number of rotatable bonds is 9. The molecule has 0 aliphatic rings. The van der Waals surface area contributed by atoms with Crippen LogP contribution in [0.3, 0.4) is 0 Å². The van der Waals surface area contributed by atoms with Gasteiger partial charge in [-0.15, -0.1) is 11.8 Å². The van der Waals surface area contributed by atoms with Crippen LogP contribution in [0.25, 0.3) is 0 Å². The van der Waals surface area contributed by atoms with Crippen molar-refractivity contribution in [3.8, 4) is 0 Å². The molecule has 25 heavy (non-hydrogen) atoms. The van der Waals surface area contributed by atoms with Gasteiger partial charge in [0, 0.05) is 11.6 Å². The summed E-state index contributed by atoms with van der Waals surface area (Å²) in [5.41, 5.74) is 3.34. The molecule has 10 heteroatoms. The Morgan fingerprint density at radius 1 is 1.40 bits per heavy atom. The molecule has 0 aliphatic heterocycles. The monoisotopic (exact) mass is 369 g/mol. The van der Waals surface area contributed by atoms with Crippen LogP contribution in [0.1, 0.15) is 37.0 Å². The molecule has 9 nitrogen and oxygen atoms in total. The van der Waals surface area contributed by atoms with Crippen molar-refractivity contribution in [2.75, 3.05) is 5.75 Å². The maximum absolute atomic E-state index is 12.0. The SMILES string of the molecule is CCCC(C)(NC(=O)CSc1ccc(C(N)=O)cc1[N+](=O)[O-])C(=O)O. The minimum atomic E-state index is -1.39. The lowest BCUT2D eigenvalue weighted by Gasteiger charge is -2.25. The Morgan fingerprint density at radius 3 is 2.52 bits per heavy atom. The van der Waals surface area contributed by atoms with Gasteiger partial charge in [-0.25, -0.2) is 4.79 Å². The van der Waals surface area contributed by atoms with Crippen LogP contribution in [0.5, 0.6) is 0 Å². The second-order valence-corrected chi connectivity index (χ2v) is 6.55. The number of thioether (sulfide) groups is 1. The molecular formula is C15H19N3O6S. The molecule has 0 bridgehead atoms. The molecule has 136 valence electrons. The number of amides is 2. The zero-order valence-corrected chi connectivity index (χ0v) is 14.6. The van der Waals surface area contributed by atoms with Crippen molar-refractivity contribution in [3.63, 3.8) is 0 Å². The van der Waals surface area contributed by atoms with E-state index >= 15 is 0 Å². The average Bonchev–Trinajstić information content (AvgIpc) is 2.52. The second-order valence-electron chi connectivity index (χ2n) is 5.53. The van der Waals surface area contributed by atoms with Crippen LogP contribution in [-0.4, -0.2) is 39.1 Å². The van der Waals surface area contributed by atoms with Gasteiger partial charge in [0.15, 0.2) is 0 Å². The summed E-state index contributed by atoms with van der Waals surface area (Å²) in [6.45, 7) is 3.21. The Bertz CT molecular complexity index is 709. The first-order valence-electron chi connectivity index (χ1n) is 7.36. The van der Waals surface area contributed by atoms with Gasteiger partial charge in [0.2, 0.25) is 11.8 Å². The van der Waals surface area contributed by atoms with E-state index in [4.69, 9.17) is 5.73 Å². The van der Waals surface area contributed by atoms with Crippen LogP contribution in [-0.2, 0) is 9.59 Å². The number of nitro benzene ring substituents is 1. The van der Waals surface area contributed by atoms with Gasteiger partial charge in [-0.2, -0.15) is 0 Å². The highest BCUT2D eigenvalue weighted by molar-refractivity contribution is 8.00. The minimum absolute atomic E-state index is 0.0121. The summed E-state index contributed by atoms with van der Waals surface area (Å²) in [6.07, 6.45) is 0.822. The molecule has 0 aromatic heterocycles. The highest BCUT2D eigenvalue weighted by atomic mass is 32.2. The van der Waals surface area contributed by atoms with Gasteiger partial charge in [-0.05, 0) is 25.5 Å². The Morgan fingerprint density at radius 2 is 2.04 bits per heavy atom. The molecule has 2 amide bonds. The number of carbonyl (C=O) groups is 3. The fourth-order valence-corrected chi connectivity index (χ4v) is 2.95. The molecule has 0 saturated carbocycles. The van der Waals surface area contributed by atoms with E-state index in [0.29, 0.717) is 6.42 Å². The average molecular weight is 369 g/mol. The number of carboxylic acid groups (broad SMARTS) is 1. The number of nitrogens with two attached hydrogens (primary N) is 1. The van der Waals surface area contributed by atoms with Crippen LogP contribution in [0.4, 0.5) is 5.69 Å². The summed E-state index contributed by atoms with van der Waals surface area (Å²) in [5.74, 6) is -2.71. The molecular weight excluding hydrogens is 350 g/mol. The maximum Gasteiger partial charge on any atom is 0.329 e. The molecule has 4 N–H and O–H groups in total. The first kappa shape index (κ1) is 20.4. The Labute approximate surface area is 148 Å². The zero-order chi connectivity index (χ0) is 19.2. The molecule has 0 saturated heterocycles. The molecule has 0 aliphatic carbocycles. The quantitative estimate of drug-likeness (QED) is 0.339. The first-order chi connectivity index (χ1) is 11.6. The van der Waals surface area contributed by atoms with E-state index in [1.165, 1.54) is 19.1 Å². The fraction of sp³-hybridized carbons (Fsp3) is 0.400. The van der Waals surface area contributed by atoms with Crippen molar-refractivity contribution in [1.82, 2.24) is 5.32 Å². The summed E-state index contributed by atoms with van der Waals surface area (Å²) in [7, 11) is 0. The van der Waals surface area contributed by atoms with Gasteiger partial charge in [0.1, 0.15) is 5.54 Å². The zero-order valence-electron chi connectivity index (χ0n) is 13.8. The van der Waals surface area contributed by atoms with E-state index in [0.717, 1.165) is 17.8 Å². The molecule has 0 heterocycles. The summed E-state index contributed by atoms with van der Waals surface area (Å²) in [6, 6.07) is 3.70. The van der Waals surface area contributed by atoms with Crippen molar-refractivity contribution < 1.29 is 24.4 Å². The van der Waals surface area contributed by atoms with E-state index in [1.807, 2.05) is 0 Å². The van der Waals surface area contributed by atoms with Crippen LogP contribution in [0.2, 0.25) is 0 Å². The molecule has 1 rings (SSSR count). The predicted octanol–water partition coefficient (Wildman–Crippen LogP) is 1.55. The summed E-state index contributed by atoms with van der Waals surface area (Å²) >= 11 is 0.876. The summed E-state index contributed by atoms with van der Waals surface area (Å²) in [5, 5.41) is 22.8. The minimum Gasteiger partial charge on any atom is -0.480 e. The third-order valence-electron chi connectivity index (χ3n) is 3.44. The van der Waals surface area contributed by atoms with Crippen molar-refractivity contribution in [2.45, 2.75) is 37.1 Å². The number of benzene rings is 1. The molecule has 1 aromatic carbocycles. The number of nitrogens with one attached hydrogen (secondary N) is 1. The van der Waals surface area contributed by atoms with Crippen LogP contribution in [0.15, 0.2) is 23.1 Å². The highest BCUT2D eigenvalue weighted by Gasteiger charge is 2.33. The van der Waals surface area contributed by atoms with Crippen molar-refractivity contribution in [3.05, 3.63) is 33.9 Å². The Hall–Kier alpha value is -2.62. The number of primary amides is 1. The lowest BCUT2D eigenvalue weighted by Crippen LogP contribution is -2.52. The van der Waals surface area contributed by atoms with Gasteiger partial charge in [-0.3, -0.25) is 19.7 Å². The number of carbonyl (C=O) groups excluding carboxylic acids is 2. The molecule has 0 radical (unpaired) electrons. The van der Waals surface area contributed by atoms with Gasteiger partial charge < -0.3 is 16.2 Å². The molecule has 0 spiro atoms. The van der Waals surface area contributed by atoms with Crippen LogP contribution >= 0.6 is 11.8 Å². The standard InChI is InChI=1S/C15H19N3O6S/c1-3-6-15(2,14(21)22)17-12(19)8-25-11-5-4-9(13(16)20)7-10(11)18(23)24/h4-5,7H,3,6,8H2,1-2H3,(H2,16,20)(H,17,19)(H,21,22). The predicted molar refractivity (Wildman–Crippen MR) is 91.4 cm³/mol. The number of hydrogen-bond acceptors (Lipinski definition) is 6. The highest BCUT2D eigenvalue weighted by Crippen LogP contribution is 2.30. The fourth-order valence-electron chi connectivity index (χ4n) is 2.15. The van der Waals surface area contributed by atoms with Gasteiger partial charge in [0.25, 0.3) is 5.69 Å². The largest absolute Gasteiger partial charge is 0.480 e. The number of aliphatic carboxylic acids is 1. The van der Waals surface area contributed by atoms with Crippen molar-refractivity contribution in [1.29, 1.82) is 0 Å². The lowest BCUT2D eigenvalue weighted by molar-refractivity contribution is -0.387. The maximum atomic E-state index is 12.0. The van der Waals surface area contributed by atoms with Gasteiger partial charge in [-0.1, -0.05) is 13.3 Å². The molecule has 0 fully saturated rings. The smallest absolute Gasteiger partial charge is 0.329 e. The Kier molecular flexibility index (Phi) is 6.92. The lowest BCUT2D eigenvalue weighted by atomic mass is 9.96. The number of nitro groups is 1. The molecule has 1 unspecified atom stereocenters. The third kappa shape index (κ3) is 5.45. The van der Waals surface area contributed by atoms with Gasteiger partial charge >= 0.3 is 5.97 Å². The van der Waals surface area contributed by atoms with Crippen LogP contribution in [0, 0.1) is 10.1 Å². The Balaban J connectivity index is 2.87. The number of nitrogens with zero attached hydrogens (tertiary/aromatic N) is 1. The second kappa shape index (κ2) is 8.47. The van der Waals surface area contributed by atoms with Crippen molar-refractivity contribution >= 4 is 35.2 Å². The third-order valence-corrected chi connectivity index (χ3v) is 4.50. The molecule has 1 aromatic rings. The first-order valence-corrected chi connectivity index (χ1v) is 8.34. The van der Waals surface area contributed by atoms with E-state index in [2.05, 4.69) is 5.32 Å². The normalized spacial score (nSPS) is 12.9. The van der Waals surface area contributed by atoms with Crippen molar-refractivity contribution in [2.24, 2.45) is 5.73 Å². The summed E-state index contributed by atoms with van der Waals surface area (Å²) < 4.78 is 0. The van der Waals surface area contributed by atoms with Crippen LogP contribution < -0.4 is 11.1 Å². The molecule has 1 atom stereocenters. The van der Waals surface area contributed by atoms with E-state index in [1.54, 1.807) is 6.92 Å². The number of carboxylic acids is 1. The van der Waals surface area contributed by atoms with E-state index in [9.17, 15) is 29.6 Å².